The topological polar surface area (TPSA) is 46.2 Å². The van der Waals surface area contributed by atoms with Crippen LogP contribution in [-0.2, 0) is 9.84 Å². The Morgan fingerprint density at radius 3 is 2.33 bits per heavy atom. The SMILES string of the molecule is CCCNCCC(C)CCS(=O)(=O)CC. The van der Waals surface area contributed by atoms with E-state index >= 15 is 0 Å². The van der Waals surface area contributed by atoms with Crippen LogP contribution in [0.15, 0.2) is 0 Å². The number of hydrogen-bond acceptors (Lipinski definition) is 3. The number of rotatable bonds is 9. The van der Waals surface area contributed by atoms with E-state index in [-0.39, 0.29) is 5.75 Å². The highest BCUT2D eigenvalue weighted by Crippen LogP contribution is 2.08. The minimum absolute atomic E-state index is 0.272. The maximum Gasteiger partial charge on any atom is 0.150 e. The Hall–Kier alpha value is -0.0900. The fourth-order valence-corrected chi connectivity index (χ4v) is 2.37. The van der Waals surface area contributed by atoms with E-state index in [1.165, 1.54) is 0 Å². The lowest BCUT2D eigenvalue weighted by Crippen LogP contribution is -2.19. The largest absolute Gasteiger partial charge is 0.317 e. The van der Waals surface area contributed by atoms with Crippen molar-refractivity contribution in [1.29, 1.82) is 0 Å². The number of nitrogens with one attached hydrogen (secondary N) is 1. The third-order valence-electron chi connectivity index (χ3n) is 2.60. The molecule has 1 atom stereocenters. The van der Waals surface area contributed by atoms with Gasteiger partial charge in [0.2, 0.25) is 0 Å². The molecule has 3 nitrogen and oxygen atoms in total. The van der Waals surface area contributed by atoms with Gasteiger partial charge in [-0.3, -0.25) is 0 Å². The molecule has 0 bridgehead atoms. The molecule has 4 heteroatoms. The van der Waals surface area contributed by atoms with Gasteiger partial charge in [-0.25, -0.2) is 8.42 Å². The van der Waals surface area contributed by atoms with Crippen molar-refractivity contribution in [3.05, 3.63) is 0 Å². The van der Waals surface area contributed by atoms with Crippen LogP contribution in [0, 0.1) is 5.92 Å². The summed E-state index contributed by atoms with van der Waals surface area (Å²) in [4.78, 5) is 0. The molecule has 0 fully saturated rings. The summed E-state index contributed by atoms with van der Waals surface area (Å²) in [6.45, 7) is 8.03. The van der Waals surface area contributed by atoms with Gasteiger partial charge in [-0.15, -0.1) is 0 Å². The molecule has 0 aliphatic carbocycles. The van der Waals surface area contributed by atoms with Crippen molar-refractivity contribution in [3.63, 3.8) is 0 Å². The van der Waals surface area contributed by atoms with Crippen LogP contribution >= 0.6 is 0 Å². The van der Waals surface area contributed by atoms with Crippen LogP contribution < -0.4 is 5.32 Å². The minimum Gasteiger partial charge on any atom is -0.317 e. The van der Waals surface area contributed by atoms with E-state index in [2.05, 4.69) is 19.2 Å². The summed E-state index contributed by atoms with van der Waals surface area (Å²) >= 11 is 0. The third kappa shape index (κ3) is 8.88. The van der Waals surface area contributed by atoms with Crippen molar-refractivity contribution < 1.29 is 8.42 Å². The predicted molar refractivity (Wildman–Crippen MR) is 65.9 cm³/mol. The van der Waals surface area contributed by atoms with Crippen LogP contribution in [0.1, 0.15) is 40.0 Å². The van der Waals surface area contributed by atoms with Crippen LogP contribution in [0.4, 0.5) is 0 Å². The molecular formula is C11H25NO2S. The zero-order valence-corrected chi connectivity index (χ0v) is 11.1. The molecule has 92 valence electrons. The highest BCUT2D eigenvalue weighted by molar-refractivity contribution is 7.91. The molecule has 0 aliphatic rings. The van der Waals surface area contributed by atoms with E-state index in [4.69, 9.17) is 0 Å². The van der Waals surface area contributed by atoms with Crippen LogP contribution in [0.3, 0.4) is 0 Å². The fourth-order valence-electron chi connectivity index (χ4n) is 1.32. The summed E-state index contributed by atoms with van der Waals surface area (Å²) in [6, 6.07) is 0. The molecule has 15 heavy (non-hydrogen) atoms. The van der Waals surface area contributed by atoms with Gasteiger partial charge in [0, 0.05) is 5.75 Å². The van der Waals surface area contributed by atoms with Crippen LogP contribution in [0.2, 0.25) is 0 Å². The van der Waals surface area contributed by atoms with Crippen molar-refractivity contribution in [2.24, 2.45) is 5.92 Å². The monoisotopic (exact) mass is 235 g/mol. The van der Waals surface area contributed by atoms with Gasteiger partial charge < -0.3 is 5.32 Å². The van der Waals surface area contributed by atoms with Gasteiger partial charge in [-0.05, 0) is 38.3 Å². The second-order valence-corrected chi connectivity index (χ2v) is 6.64. The lowest BCUT2D eigenvalue weighted by molar-refractivity contribution is 0.485. The lowest BCUT2D eigenvalue weighted by Gasteiger charge is -2.11. The first-order chi connectivity index (χ1) is 7.02. The first-order valence-electron chi connectivity index (χ1n) is 5.93. The quantitative estimate of drug-likeness (QED) is 0.620. The van der Waals surface area contributed by atoms with Crippen molar-refractivity contribution in [3.8, 4) is 0 Å². The van der Waals surface area contributed by atoms with Gasteiger partial charge in [-0.2, -0.15) is 0 Å². The van der Waals surface area contributed by atoms with E-state index in [1.807, 2.05) is 0 Å². The van der Waals surface area contributed by atoms with Gasteiger partial charge in [-0.1, -0.05) is 20.8 Å². The molecule has 0 saturated heterocycles. The van der Waals surface area contributed by atoms with Crippen molar-refractivity contribution in [2.75, 3.05) is 24.6 Å². The van der Waals surface area contributed by atoms with E-state index < -0.39 is 9.84 Å². The van der Waals surface area contributed by atoms with Gasteiger partial charge in [0.25, 0.3) is 0 Å². The maximum absolute atomic E-state index is 11.3. The highest BCUT2D eigenvalue weighted by atomic mass is 32.2. The summed E-state index contributed by atoms with van der Waals surface area (Å²) in [6.07, 6.45) is 3.02. The van der Waals surface area contributed by atoms with Crippen LogP contribution in [-0.4, -0.2) is 33.0 Å². The first kappa shape index (κ1) is 14.9. The normalized spacial score (nSPS) is 14.1. The Morgan fingerprint density at radius 1 is 1.13 bits per heavy atom. The Morgan fingerprint density at radius 2 is 1.80 bits per heavy atom. The lowest BCUT2D eigenvalue weighted by atomic mass is 10.1. The summed E-state index contributed by atoms with van der Waals surface area (Å²) < 4.78 is 22.5. The Kier molecular flexibility index (Phi) is 8.06. The summed E-state index contributed by atoms with van der Waals surface area (Å²) in [5.74, 6) is 1.11. The van der Waals surface area contributed by atoms with Crippen LogP contribution in [0.25, 0.3) is 0 Å². The van der Waals surface area contributed by atoms with Gasteiger partial charge in [0.1, 0.15) is 9.84 Å². The smallest absolute Gasteiger partial charge is 0.150 e. The average Bonchev–Trinajstić information content (AvgIpc) is 2.22. The Labute approximate surface area is 94.6 Å². The van der Waals surface area contributed by atoms with Gasteiger partial charge >= 0.3 is 0 Å². The molecule has 0 spiro atoms. The zero-order valence-electron chi connectivity index (χ0n) is 10.3. The second-order valence-electron chi connectivity index (χ2n) is 4.17. The molecular weight excluding hydrogens is 210 g/mol. The molecule has 0 amide bonds. The first-order valence-corrected chi connectivity index (χ1v) is 7.75. The molecule has 0 aromatic rings. The van der Waals surface area contributed by atoms with E-state index in [0.717, 1.165) is 32.4 Å². The summed E-state index contributed by atoms with van der Waals surface area (Å²) in [5, 5.41) is 3.33. The van der Waals surface area contributed by atoms with Crippen molar-refractivity contribution >= 4 is 9.84 Å². The van der Waals surface area contributed by atoms with Crippen molar-refractivity contribution in [2.45, 2.75) is 40.0 Å². The third-order valence-corrected chi connectivity index (χ3v) is 4.34. The second kappa shape index (κ2) is 8.11. The minimum atomic E-state index is -2.77. The van der Waals surface area contributed by atoms with Crippen molar-refractivity contribution in [1.82, 2.24) is 5.32 Å². The predicted octanol–water partition coefficient (Wildman–Crippen LogP) is 1.84. The van der Waals surface area contributed by atoms with E-state index in [0.29, 0.717) is 11.7 Å². The van der Waals surface area contributed by atoms with Gasteiger partial charge in [0.05, 0.1) is 5.75 Å². The average molecular weight is 235 g/mol. The van der Waals surface area contributed by atoms with E-state index in [9.17, 15) is 8.42 Å². The summed E-state index contributed by atoms with van der Waals surface area (Å²) in [7, 11) is -2.77. The van der Waals surface area contributed by atoms with E-state index in [1.54, 1.807) is 6.92 Å². The van der Waals surface area contributed by atoms with Crippen LogP contribution in [0.5, 0.6) is 0 Å². The number of sulfone groups is 1. The zero-order chi connectivity index (χ0) is 11.7. The number of hydrogen-bond donors (Lipinski definition) is 1. The summed E-state index contributed by atoms with van der Waals surface area (Å²) in [5.41, 5.74) is 0. The molecule has 1 unspecified atom stereocenters. The molecule has 0 saturated carbocycles. The molecule has 1 N–H and O–H groups in total. The highest BCUT2D eigenvalue weighted by Gasteiger charge is 2.10. The maximum atomic E-state index is 11.3. The fraction of sp³-hybridized carbons (Fsp3) is 1.00. The molecule has 0 aromatic heterocycles. The van der Waals surface area contributed by atoms with Gasteiger partial charge in [0.15, 0.2) is 0 Å². The molecule has 0 radical (unpaired) electrons. The molecule has 0 rings (SSSR count). The Bertz CT molecular complexity index is 237. The molecule has 0 aliphatic heterocycles. The standard InChI is InChI=1S/C11H25NO2S/c1-4-8-12-9-6-11(3)7-10-15(13,14)5-2/h11-12H,4-10H2,1-3H3. The molecule has 0 aromatic carbocycles. The molecule has 0 heterocycles. The Balaban J connectivity index is 3.53.